The van der Waals surface area contributed by atoms with Gasteiger partial charge in [-0.15, -0.1) is 11.3 Å². The molecule has 0 fully saturated rings. The number of nitrogens with two attached hydrogens (primary N) is 1. The van der Waals surface area contributed by atoms with Gasteiger partial charge in [0.15, 0.2) is 0 Å². The molecule has 2 nitrogen and oxygen atoms in total. The van der Waals surface area contributed by atoms with Crippen LogP contribution < -0.4 is 5.73 Å². The minimum Gasteiger partial charge on any atom is -0.375 e. The van der Waals surface area contributed by atoms with Gasteiger partial charge >= 0.3 is 0 Å². The minimum atomic E-state index is -2.42. The summed E-state index contributed by atoms with van der Waals surface area (Å²) in [6, 6.07) is 3.41. The predicted molar refractivity (Wildman–Crippen MR) is 57.7 cm³/mol. The van der Waals surface area contributed by atoms with Gasteiger partial charge in [-0.1, -0.05) is 11.6 Å². The summed E-state index contributed by atoms with van der Waals surface area (Å²) >= 11 is 7.14. The topological polar surface area (TPSA) is 35.2 Å². The summed E-state index contributed by atoms with van der Waals surface area (Å²) in [5.74, 6) is 0. The highest BCUT2D eigenvalue weighted by molar-refractivity contribution is 7.16. The summed E-state index contributed by atoms with van der Waals surface area (Å²) in [4.78, 5) is 0.945. The highest BCUT2D eigenvalue weighted by Gasteiger charge is 2.09. The maximum absolute atomic E-state index is 11.7. The summed E-state index contributed by atoms with van der Waals surface area (Å²) in [5.41, 5.74) is 5.81. The molecule has 15 heavy (non-hydrogen) atoms. The average molecular weight is 256 g/mol. The molecule has 0 aliphatic heterocycles. The molecule has 0 saturated carbocycles. The Morgan fingerprint density at radius 3 is 2.73 bits per heavy atom. The molecular formula is C9H12ClF2NOS. The smallest absolute Gasteiger partial charge is 0.261 e. The summed E-state index contributed by atoms with van der Waals surface area (Å²) in [6.45, 7) is -0.293. The zero-order chi connectivity index (χ0) is 11.3. The standard InChI is InChI=1S/C9H12ClF2NOS/c10-8-2-1-7(15-8)6(13)3-4-14-5-9(11)12/h1-2,6,9H,3-5,13H2. The lowest BCUT2D eigenvalue weighted by Crippen LogP contribution is -2.13. The molecule has 86 valence electrons. The predicted octanol–water partition coefficient (Wildman–Crippen LogP) is 3.07. The van der Waals surface area contributed by atoms with E-state index >= 15 is 0 Å². The molecular weight excluding hydrogens is 244 g/mol. The van der Waals surface area contributed by atoms with E-state index in [0.717, 1.165) is 4.88 Å². The van der Waals surface area contributed by atoms with Crippen LogP contribution in [0.3, 0.4) is 0 Å². The monoisotopic (exact) mass is 255 g/mol. The number of rotatable bonds is 6. The maximum atomic E-state index is 11.7. The molecule has 0 spiro atoms. The van der Waals surface area contributed by atoms with E-state index in [-0.39, 0.29) is 12.6 Å². The molecule has 1 atom stereocenters. The van der Waals surface area contributed by atoms with Gasteiger partial charge in [0.05, 0.1) is 4.34 Å². The van der Waals surface area contributed by atoms with E-state index in [9.17, 15) is 8.78 Å². The number of halogens is 3. The molecule has 1 unspecified atom stereocenters. The van der Waals surface area contributed by atoms with Gasteiger partial charge < -0.3 is 10.5 Å². The molecule has 0 aliphatic carbocycles. The van der Waals surface area contributed by atoms with E-state index in [2.05, 4.69) is 0 Å². The third-order valence-corrected chi connectivity index (χ3v) is 3.14. The summed E-state index contributed by atoms with van der Waals surface area (Å²) in [5, 5.41) is 0. The van der Waals surface area contributed by atoms with Crippen molar-refractivity contribution in [2.24, 2.45) is 5.73 Å². The molecule has 6 heteroatoms. The van der Waals surface area contributed by atoms with Gasteiger partial charge in [0.1, 0.15) is 6.61 Å². The van der Waals surface area contributed by atoms with Gasteiger partial charge in [-0.3, -0.25) is 0 Å². The Kier molecular flexibility index (Phi) is 5.45. The van der Waals surface area contributed by atoms with E-state index in [0.29, 0.717) is 10.8 Å². The Morgan fingerprint density at radius 2 is 2.20 bits per heavy atom. The maximum Gasteiger partial charge on any atom is 0.261 e. The fraction of sp³-hybridized carbons (Fsp3) is 0.556. The molecule has 0 aliphatic rings. The van der Waals surface area contributed by atoms with Crippen LogP contribution in [0.15, 0.2) is 12.1 Å². The third kappa shape index (κ3) is 4.88. The van der Waals surface area contributed by atoms with Gasteiger partial charge in [-0.05, 0) is 18.6 Å². The van der Waals surface area contributed by atoms with Crippen LogP contribution in [0.4, 0.5) is 8.78 Å². The lowest BCUT2D eigenvalue weighted by atomic mass is 10.2. The second-order valence-corrected chi connectivity index (χ2v) is 4.75. The van der Waals surface area contributed by atoms with Crippen LogP contribution in [0.2, 0.25) is 4.34 Å². The molecule has 0 radical (unpaired) electrons. The largest absolute Gasteiger partial charge is 0.375 e. The lowest BCUT2D eigenvalue weighted by molar-refractivity contribution is 0.0153. The fourth-order valence-electron chi connectivity index (χ4n) is 1.05. The number of alkyl halides is 2. The van der Waals surface area contributed by atoms with Gasteiger partial charge in [0, 0.05) is 17.5 Å². The number of hydrogen-bond acceptors (Lipinski definition) is 3. The Labute approximate surface area is 96.0 Å². The fourth-order valence-corrected chi connectivity index (χ4v) is 2.15. The molecule has 1 aromatic rings. The van der Waals surface area contributed by atoms with E-state index in [4.69, 9.17) is 22.1 Å². The molecule has 0 saturated heterocycles. The lowest BCUT2D eigenvalue weighted by Gasteiger charge is -2.09. The number of ether oxygens (including phenoxy) is 1. The van der Waals surface area contributed by atoms with Crippen LogP contribution in [0.5, 0.6) is 0 Å². The second kappa shape index (κ2) is 6.37. The number of thiophene rings is 1. The van der Waals surface area contributed by atoms with Crippen molar-refractivity contribution in [3.05, 3.63) is 21.3 Å². The van der Waals surface area contributed by atoms with Crippen molar-refractivity contribution < 1.29 is 13.5 Å². The first kappa shape index (κ1) is 12.8. The van der Waals surface area contributed by atoms with Crippen LogP contribution in [-0.2, 0) is 4.74 Å². The number of hydrogen-bond donors (Lipinski definition) is 1. The summed E-state index contributed by atoms with van der Waals surface area (Å²) < 4.78 is 28.8. The van der Waals surface area contributed by atoms with E-state index in [1.807, 2.05) is 6.07 Å². The molecule has 0 amide bonds. The second-order valence-electron chi connectivity index (χ2n) is 3.00. The van der Waals surface area contributed by atoms with Crippen molar-refractivity contribution in [1.29, 1.82) is 0 Å². The van der Waals surface area contributed by atoms with Crippen molar-refractivity contribution in [3.63, 3.8) is 0 Å². The van der Waals surface area contributed by atoms with Crippen LogP contribution in [-0.4, -0.2) is 19.6 Å². The summed E-state index contributed by atoms with van der Waals surface area (Å²) in [6.07, 6.45) is -1.90. The molecule has 0 bridgehead atoms. The zero-order valence-corrected chi connectivity index (χ0v) is 9.53. The van der Waals surface area contributed by atoms with Crippen molar-refractivity contribution in [1.82, 2.24) is 0 Å². The quantitative estimate of drug-likeness (QED) is 0.793. The first-order chi connectivity index (χ1) is 7.09. The highest BCUT2D eigenvalue weighted by atomic mass is 35.5. The van der Waals surface area contributed by atoms with Crippen LogP contribution in [0.1, 0.15) is 17.3 Å². The van der Waals surface area contributed by atoms with Crippen molar-refractivity contribution in [2.75, 3.05) is 13.2 Å². The van der Waals surface area contributed by atoms with Crippen LogP contribution >= 0.6 is 22.9 Å². The normalized spacial score (nSPS) is 13.4. The van der Waals surface area contributed by atoms with Crippen molar-refractivity contribution >= 4 is 22.9 Å². The van der Waals surface area contributed by atoms with Gasteiger partial charge in [-0.2, -0.15) is 0 Å². The summed E-state index contributed by atoms with van der Waals surface area (Å²) in [7, 11) is 0. The van der Waals surface area contributed by atoms with E-state index < -0.39 is 13.0 Å². The Morgan fingerprint density at radius 1 is 1.47 bits per heavy atom. The van der Waals surface area contributed by atoms with E-state index in [1.165, 1.54) is 11.3 Å². The van der Waals surface area contributed by atoms with Gasteiger partial charge in [0.2, 0.25) is 0 Å². The average Bonchev–Trinajstić information content (AvgIpc) is 2.59. The van der Waals surface area contributed by atoms with Gasteiger partial charge in [0.25, 0.3) is 6.43 Å². The van der Waals surface area contributed by atoms with Crippen molar-refractivity contribution in [2.45, 2.75) is 18.9 Å². The molecule has 0 aromatic carbocycles. The van der Waals surface area contributed by atoms with Gasteiger partial charge in [-0.25, -0.2) is 8.78 Å². The zero-order valence-electron chi connectivity index (χ0n) is 7.96. The first-order valence-corrected chi connectivity index (χ1v) is 5.65. The molecule has 2 N–H and O–H groups in total. The van der Waals surface area contributed by atoms with Crippen LogP contribution in [0.25, 0.3) is 0 Å². The highest BCUT2D eigenvalue weighted by Crippen LogP contribution is 2.27. The Balaban J connectivity index is 2.21. The first-order valence-electron chi connectivity index (χ1n) is 4.46. The Hall–Kier alpha value is -0.230. The Bertz CT molecular complexity index is 295. The SMILES string of the molecule is NC(CCOCC(F)F)c1ccc(Cl)s1. The molecule has 1 aromatic heterocycles. The van der Waals surface area contributed by atoms with Crippen molar-refractivity contribution in [3.8, 4) is 0 Å². The molecule has 1 heterocycles. The molecule has 1 rings (SSSR count). The third-order valence-electron chi connectivity index (χ3n) is 1.78. The van der Waals surface area contributed by atoms with Crippen LogP contribution in [0, 0.1) is 0 Å². The van der Waals surface area contributed by atoms with E-state index in [1.54, 1.807) is 6.07 Å². The minimum absolute atomic E-state index is 0.194.